The maximum Gasteiger partial charge on any atom is 0.292 e. The van der Waals surface area contributed by atoms with Crippen LogP contribution in [-0.2, 0) is 14.8 Å². The minimum absolute atomic E-state index is 0.0837. The molecule has 1 aromatic rings. The lowest BCUT2D eigenvalue weighted by atomic mass is 10.3. The third-order valence-corrected chi connectivity index (χ3v) is 4.51. The Bertz CT molecular complexity index is 588. The summed E-state index contributed by atoms with van der Waals surface area (Å²) >= 11 is 0. The molecule has 0 unspecified atom stereocenters. The maximum absolute atomic E-state index is 12.2. The van der Waals surface area contributed by atoms with E-state index in [4.69, 9.17) is 10.5 Å². The zero-order chi connectivity index (χ0) is 15.3. The van der Waals surface area contributed by atoms with Gasteiger partial charge >= 0.3 is 0 Å². The molecule has 2 N–H and O–H groups in total. The van der Waals surface area contributed by atoms with Gasteiger partial charge in [-0.25, -0.2) is 8.42 Å². The van der Waals surface area contributed by atoms with E-state index in [0.717, 1.165) is 16.4 Å². The summed E-state index contributed by atoms with van der Waals surface area (Å²) in [7, 11) is -2.32. The number of nitrogens with two attached hydrogens (primary N) is 1. The molecule has 112 valence electrons. The summed E-state index contributed by atoms with van der Waals surface area (Å²) < 4.78 is 30.6. The predicted octanol–water partition coefficient (Wildman–Crippen LogP) is 0.834. The zero-order valence-corrected chi connectivity index (χ0v) is 12.1. The normalized spacial score (nSPS) is 11.8. The molecule has 0 fully saturated rings. The van der Waals surface area contributed by atoms with Crippen molar-refractivity contribution in [3.8, 4) is 0 Å². The Hall–Kier alpha value is -1.71. The smallest absolute Gasteiger partial charge is 0.292 e. The Labute approximate surface area is 117 Å². The van der Waals surface area contributed by atoms with Crippen LogP contribution in [0.3, 0.4) is 0 Å². The molecule has 0 aliphatic rings. The van der Waals surface area contributed by atoms with E-state index in [9.17, 15) is 18.5 Å². The monoisotopic (exact) mass is 303 g/mol. The van der Waals surface area contributed by atoms with Crippen LogP contribution < -0.4 is 5.73 Å². The molecular weight excluding hydrogens is 286 g/mol. The van der Waals surface area contributed by atoms with E-state index in [-0.39, 0.29) is 29.4 Å². The standard InChI is InChI=1S/C11H17N3O5S/c1-3-19-7-6-13(2)20(17,18)9-4-5-11(14(15)16)10(12)8-9/h4-5,8H,3,6-7,12H2,1-2H3. The number of hydrogen-bond acceptors (Lipinski definition) is 6. The van der Waals surface area contributed by atoms with Crippen LogP contribution in [0.5, 0.6) is 0 Å². The van der Waals surface area contributed by atoms with Crippen LogP contribution in [-0.4, -0.2) is 44.5 Å². The van der Waals surface area contributed by atoms with Crippen LogP contribution in [0.25, 0.3) is 0 Å². The van der Waals surface area contributed by atoms with Gasteiger partial charge in [-0.2, -0.15) is 4.31 Å². The molecule has 0 aliphatic carbocycles. The van der Waals surface area contributed by atoms with Crippen molar-refractivity contribution >= 4 is 21.4 Å². The van der Waals surface area contributed by atoms with Gasteiger partial charge in [0.05, 0.1) is 16.4 Å². The highest BCUT2D eigenvalue weighted by Gasteiger charge is 2.23. The lowest BCUT2D eigenvalue weighted by Crippen LogP contribution is -2.30. The number of nitro groups is 1. The van der Waals surface area contributed by atoms with Crippen LogP contribution in [0.1, 0.15) is 6.92 Å². The first-order chi connectivity index (χ1) is 9.30. The zero-order valence-electron chi connectivity index (χ0n) is 11.3. The number of anilines is 1. The fourth-order valence-electron chi connectivity index (χ4n) is 1.50. The van der Waals surface area contributed by atoms with E-state index in [2.05, 4.69) is 0 Å². The van der Waals surface area contributed by atoms with Crippen molar-refractivity contribution in [3.05, 3.63) is 28.3 Å². The summed E-state index contributed by atoms with van der Waals surface area (Å²) in [5.41, 5.74) is 4.99. The second-order valence-electron chi connectivity index (χ2n) is 4.00. The van der Waals surface area contributed by atoms with E-state index in [0.29, 0.717) is 6.61 Å². The Kier molecular flexibility index (Phi) is 5.43. The molecule has 9 heteroatoms. The number of rotatable bonds is 7. The van der Waals surface area contributed by atoms with Crippen molar-refractivity contribution in [1.29, 1.82) is 0 Å². The van der Waals surface area contributed by atoms with Gasteiger partial charge in [0.15, 0.2) is 0 Å². The summed E-state index contributed by atoms with van der Waals surface area (Å²) in [4.78, 5) is 9.89. The molecule has 0 aromatic heterocycles. The van der Waals surface area contributed by atoms with E-state index >= 15 is 0 Å². The fourth-order valence-corrected chi connectivity index (χ4v) is 2.69. The van der Waals surface area contributed by atoms with Crippen molar-refractivity contribution < 1.29 is 18.1 Å². The summed E-state index contributed by atoms with van der Waals surface area (Å²) in [6, 6.07) is 3.34. The Morgan fingerprint density at radius 3 is 2.60 bits per heavy atom. The van der Waals surface area contributed by atoms with Gasteiger partial charge in [-0.1, -0.05) is 0 Å². The van der Waals surface area contributed by atoms with Gasteiger partial charge in [0, 0.05) is 26.3 Å². The summed E-state index contributed by atoms with van der Waals surface area (Å²) in [6.45, 7) is 2.77. The summed E-state index contributed by atoms with van der Waals surface area (Å²) in [5.74, 6) is 0. The Morgan fingerprint density at radius 2 is 2.10 bits per heavy atom. The number of nitrogens with zero attached hydrogens (tertiary/aromatic N) is 2. The number of sulfonamides is 1. The molecule has 0 atom stereocenters. The summed E-state index contributed by atoms with van der Waals surface area (Å²) in [6.07, 6.45) is 0. The molecule has 0 spiro atoms. The minimum Gasteiger partial charge on any atom is -0.393 e. The molecule has 1 aromatic carbocycles. The molecule has 1 rings (SSSR count). The van der Waals surface area contributed by atoms with E-state index in [1.807, 2.05) is 6.92 Å². The van der Waals surface area contributed by atoms with Crippen molar-refractivity contribution in [1.82, 2.24) is 4.31 Å². The average Bonchev–Trinajstić information content (AvgIpc) is 2.38. The number of hydrogen-bond donors (Lipinski definition) is 1. The van der Waals surface area contributed by atoms with Gasteiger partial charge in [0.1, 0.15) is 5.69 Å². The Balaban J connectivity index is 2.98. The van der Waals surface area contributed by atoms with Crippen LogP contribution in [0.4, 0.5) is 11.4 Å². The van der Waals surface area contributed by atoms with Crippen molar-refractivity contribution in [2.45, 2.75) is 11.8 Å². The molecule has 20 heavy (non-hydrogen) atoms. The van der Waals surface area contributed by atoms with Crippen LogP contribution >= 0.6 is 0 Å². The van der Waals surface area contributed by atoms with E-state index in [1.54, 1.807) is 0 Å². The third-order valence-electron chi connectivity index (χ3n) is 2.66. The highest BCUT2D eigenvalue weighted by molar-refractivity contribution is 7.89. The molecule has 0 bridgehead atoms. The van der Waals surface area contributed by atoms with E-state index < -0.39 is 14.9 Å². The molecular formula is C11H17N3O5S. The van der Waals surface area contributed by atoms with Crippen molar-refractivity contribution in [3.63, 3.8) is 0 Å². The first-order valence-electron chi connectivity index (χ1n) is 5.88. The first kappa shape index (κ1) is 16.3. The molecule has 0 radical (unpaired) electrons. The van der Waals surface area contributed by atoms with Crippen LogP contribution in [0.2, 0.25) is 0 Å². The molecule has 0 saturated carbocycles. The maximum atomic E-state index is 12.2. The number of ether oxygens (including phenoxy) is 1. The average molecular weight is 303 g/mol. The second-order valence-corrected chi connectivity index (χ2v) is 6.05. The van der Waals surface area contributed by atoms with Gasteiger partial charge in [-0.15, -0.1) is 0 Å². The Morgan fingerprint density at radius 1 is 1.45 bits per heavy atom. The first-order valence-corrected chi connectivity index (χ1v) is 7.32. The van der Waals surface area contributed by atoms with Gasteiger partial charge < -0.3 is 10.5 Å². The number of nitrogen functional groups attached to an aromatic ring is 1. The predicted molar refractivity (Wildman–Crippen MR) is 73.8 cm³/mol. The molecule has 0 saturated heterocycles. The van der Waals surface area contributed by atoms with Crippen LogP contribution in [0.15, 0.2) is 23.1 Å². The lowest BCUT2D eigenvalue weighted by molar-refractivity contribution is -0.383. The van der Waals surface area contributed by atoms with E-state index in [1.165, 1.54) is 13.1 Å². The molecule has 0 amide bonds. The largest absolute Gasteiger partial charge is 0.393 e. The van der Waals surface area contributed by atoms with Crippen molar-refractivity contribution in [2.75, 3.05) is 32.5 Å². The van der Waals surface area contributed by atoms with Gasteiger partial charge in [0.25, 0.3) is 5.69 Å². The third kappa shape index (κ3) is 3.65. The minimum atomic E-state index is -3.73. The quantitative estimate of drug-likeness (QED) is 0.345. The SMILES string of the molecule is CCOCCN(C)S(=O)(=O)c1ccc([N+](=O)[O-])c(N)c1. The topological polar surface area (TPSA) is 116 Å². The highest BCUT2D eigenvalue weighted by atomic mass is 32.2. The van der Waals surface area contributed by atoms with Gasteiger partial charge in [0.2, 0.25) is 10.0 Å². The number of benzene rings is 1. The molecule has 0 aliphatic heterocycles. The number of nitro benzene ring substituents is 1. The fraction of sp³-hybridized carbons (Fsp3) is 0.455. The molecule has 8 nitrogen and oxygen atoms in total. The molecule has 0 heterocycles. The lowest BCUT2D eigenvalue weighted by Gasteiger charge is -2.17. The summed E-state index contributed by atoms with van der Waals surface area (Å²) in [5, 5.41) is 10.6. The second kappa shape index (κ2) is 6.64. The number of likely N-dealkylation sites (N-methyl/N-ethyl adjacent to an activating group) is 1. The van der Waals surface area contributed by atoms with Crippen molar-refractivity contribution in [2.24, 2.45) is 0 Å². The van der Waals surface area contributed by atoms with Crippen LogP contribution in [0, 0.1) is 10.1 Å². The van der Waals surface area contributed by atoms with Gasteiger partial charge in [-0.3, -0.25) is 10.1 Å². The van der Waals surface area contributed by atoms with Gasteiger partial charge in [-0.05, 0) is 19.1 Å². The highest BCUT2D eigenvalue weighted by Crippen LogP contribution is 2.25.